The fourth-order valence-electron chi connectivity index (χ4n) is 3.95. The molecule has 0 spiro atoms. The normalized spacial score (nSPS) is 11.6. The maximum absolute atomic E-state index is 13.3. The average molecular weight is 519 g/mol. The van der Waals surface area contributed by atoms with E-state index in [2.05, 4.69) is 4.98 Å². The van der Waals surface area contributed by atoms with E-state index < -0.39 is 15.9 Å². The summed E-state index contributed by atoms with van der Waals surface area (Å²) in [4.78, 5) is 30.2. The minimum absolute atomic E-state index is 0.0297. The van der Waals surface area contributed by atoms with Gasteiger partial charge in [-0.05, 0) is 48.6 Å². The molecule has 194 valence electrons. The number of aryl methyl sites for hydroxylation is 1. The molecule has 2 amide bonds. The minimum Gasteiger partial charge on any atom is -0.441 e. The second kappa shape index (κ2) is 11.1. The van der Waals surface area contributed by atoms with Crippen LogP contribution in [-0.4, -0.2) is 57.0 Å². The Bertz CT molecular complexity index is 1370. The zero-order valence-electron chi connectivity index (χ0n) is 20.9. The number of primary amides is 1. The van der Waals surface area contributed by atoms with Crippen molar-refractivity contribution in [2.45, 2.75) is 39.0 Å². The molecule has 0 aliphatic carbocycles. The van der Waals surface area contributed by atoms with Gasteiger partial charge in [0.25, 0.3) is 5.91 Å². The summed E-state index contributed by atoms with van der Waals surface area (Å²) in [6, 6.07) is 7.46. The first-order chi connectivity index (χ1) is 16.9. The molecule has 0 unspecified atom stereocenters. The van der Waals surface area contributed by atoms with E-state index in [0.717, 1.165) is 6.26 Å². The molecule has 0 fully saturated rings. The number of benzene rings is 1. The number of carbonyl (C=O) groups excluding carboxylic acids is 2. The Morgan fingerprint density at radius 1 is 1.14 bits per heavy atom. The molecule has 0 saturated carbocycles. The third-order valence-electron chi connectivity index (χ3n) is 5.85. The smallest absolute Gasteiger partial charge is 0.252 e. The van der Waals surface area contributed by atoms with E-state index in [1.165, 1.54) is 21.3 Å². The molecule has 0 saturated heterocycles. The number of carbonyl (C=O) groups is 2. The van der Waals surface area contributed by atoms with Crippen molar-refractivity contribution in [3.8, 4) is 0 Å². The first kappa shape index (κ1) is 27.1. The highest BCUT2D eigenvalue weighted by molar-refractivity contribution is 7.92. The number of sulfonamides is 1. The standard InChI is InChI=1S/C25H31FN4O5S/c1-5-17-15-19-22(23(27)32)20(14-16-9-11-18(26)12-10-16)35-25(19)28-24(17)30(36(4,33)34)13-7-6-8-21(31)29(2)3/h9-12,15H,5-8,13-14H2,1-4H3,(H2,27,32). The number of furan rings is 1. The van der Waals surface area contributed by atoms with Gasteiger partial charge in [0.2, 0.25) is 21.6 Å². The first-order valence-corrected chi connectivity index (χ1v) is 13.4. The molecular formula is C25H31FN4O5S. The number of aromatic nitrogens is 1. The van der Waals surface area contributed by atoms with Crippen molar-refractivity contribution >= 4 is 38.8 Å². The van der Waals surface area contributed by atoms with Crippen LogP contribution in [-0.2, 0) is 27.7 Å². The summed E-state index contributed by atoms with van der Waals surface area (Å²) in [5.41, 5.74) is 7.23. The van der Waals surface area contributed by atoms with Crippen molar-refractivity contribution in [2.75, 3.05) is 31.2 Å². The lowest BCUT2D eigenvalue weighted by Gasteiger charge is -2.23. The van der Waals surface area contributed by atoms with Gasteiger partial charge in [-0.3, -0.25) is 13.9 Å². The van der Waals surface area contributed by atoms with Crippen LogP contribution in [0.5, 0.6) is 0 Å². The summed E-state index contributed by atoms with van der Waals surface area (Å²) in [5, 5.41) is 0.394. The van der Waals surface area contributed by atoms with Gasteiger partial charge >= 0.3 is 0 Å². The predicted molar refractivity (Wildman–Crippen MR) is 136 cm³/mol. The van der Waals surface area contributed by atoms with Crippen LogP contribution in [0, 0.1) is 5.82 Å². The van der Waals surface area contributed by atoms with Gasteiger partial charge in [0.1, 0.15) is 17.4 Å². The Labute approximate surface area is 210 Å². The summed E-state index contributed by atoms with van der Waals surface area (Å²) >= 11 is 0. The molecular weight excluding hydrogens is 487 g/mol. The highest BCUT2D eigenvalue weighted by Gasteiger charge is 2.26. The van der Waals surface area contributed by atoms with Crippen LogP contribution in [0.1, 0.15) is 53.4 Å². The number of fused-ring (bicyclic) bond motifs is 1. The topological polar surface area (TPSA) is 127 Å². The van der Waals surface area contributed by atoms with Crippen LogP contribution in [0.2, 0.25) is 0 Å². The molecule has 3 rings (SSSR count). The van der Waals surface area contributed by atoms with Crippen LogP contribution in [0.3, 0.4) is 0 Å². The number of amides is 2. The minimum atomic E-state index is -3.70. The van der Waals surface area contributed by atoms with Crippen LogP contribution in [0.25, 0.3) is 11.1 Å². The largest absolute Gasteiger partial charge is 0.441 e. The number of hydrogen-bond donors (Lipinski definition) is 1. The molecule has 0 bridgehead atoms. The molecule has 3 aromatic rings. The van der Waals surface area contributed by atoms with Crippen molar-refractivity contribution in [3.05, 3.63) is 58.6 Å². The molecule has 0 atom stereocenters. The molecule has 2 aromatic heterocycles. The maximum atomic E-state index is 13.3. The van der Waals surface area contributed by atoms with Gasteiger partial charge in [-0.15, -0.1) is 0 Å². The quantitative estimate of drug-likeness (QED) is 0.388. The van der Waals surface area contributed by atoms with Gasteiger partial charge in [-0.1, -0.05) is 19.1 Å². The van der Waals surface area contributed by atoms with E-state index in [9.17, 15) is 22.4 Å². The zero-order chi connectivity index (χ0) is 26.6. The summed E-state index contributed by atoms with van der Waals surface area (Å²) in [5.74, 6) is -0.635. The number of pyridine rings is 1. The average Bonchev–Trinajstić information content (AvgIpc) is 3.15. The monoisotopic (exact) mass is 518 g/mol. The fourth-order valence-corrected chi connectivity index (χ4v) is 4.88. The van der Waals surface area contributed by atoms with Gasteiger partial charge in [-0.25, -0.2) is 12.8 Å². The third-order valence-corrected chi connectivity index (χ3v) is 7.01. The molecule has 11 heteroatoms. The molecule has 0 aliphatic heterocycles. The Morgan fingerprint density at radius 2 is 1.81 bits per heavy atom. The van der Waals surface area contributed by atoms with E-state index in [4.69, 9.17) is 10.2 Å². The Balaban J connectivity index is 2.01. The van der Waals surface area contributed by atoms with Crippen molar-refractivity contribution in [2.24, 2.45) is 5.73 Å². The summed E-state index contributed by atoms with van der Waals surface area (Å²) in [6.45, 7) is 1.99. The Morgan fingerprint density at radius 3 is 2.36 bits per heavy atom. The number of halogens is 1. The number of unbranched alkanes of at least 4 members (excludes halogenated alkanes) is 1. The third kappa shape index (κ3) is 6.20. The van der Waals surface area contributed by atoms with E-state index >= 15 is 0 Å². The van der Waals surface area contributed by atoms with Crippen molar-refractivity contribution < 1.29 is 26.8 Å². The summed E-state index contributed by atoms with van der Waals surface area (Å²) in [6.07, 6.45) is 3.00. The number of nitrogens with two attached hydrogens (primary N) is 1. The van der Waals surface area contributed by atoms with Crippen molar-refractivity contribution in [3.63, 3.8) is 0 Å². The molecule has 0 radical (unpaired) electrons. The van der Waals surface area contributed by atoms with Gasteiger partial charge in [0.05, 0.1) is 17.2 Å². The number of anilines is 1. The van der Waals surface area contributed by atoms with E-state index in [1.807, 2.05) is 6.92 Å². The first-order valence-electron chi connectivity index (χ1n) is 11.6. The lowest BCUT2D eigenvalue weighted by atomic mass is 10.0. The van der Waals surface area contributed by atoms with Gasteiger partial charge in [0, 0.05) is 33.5 Å². The van der Waals surface area contributed by atoms with Gasteiger partial charge < -0.3 is 15.1 Å². The SMILES string of the molecule is CCc1cc2c(C(N)=O)c(Cc3ccc(F)cc3)oc2nc1N(CCCCC(=O)N(C)C)S(C)(=O)=O. The maximum Gasteiger partial charge on any atom is 0.252 e. The second-order valence-electron chi connectivity index (χ2n) is 8.83. The van der Waals surface area contributed by atoms with Crippen molar-refractivity contribution in [1.29, 1.82) is 0 Å². The predicted octanol–water partition coefficient (Wildman–Crippen LogP) is 3.24. The van der Waals surface area contributed by atoms with E-state index in [-0.39, 0.29) is 47.5 Å². The zero-order valence-corrected chi connectivity index (χ0v) is 21.7. The number of nitrogens with zero attached hydrogens (tertiary/aromatic N) is 3. The summed E-state index contributed by atoms with van der Waals surface area (Å²) < 4.78 is 45.8. The molecule has 2 heterocycles. The Hall–Kier alpha value is -3.47. The lowest BCUT2D eigenvalue weighted by molar-refractivity contribution is -0.128. The van der Waals surface area contributed by atoms with E-state index in [1.54, 1.807) is 32.3 Å². The highest BCUT2D eigenvalue weighted by Crippen LogP contribution is 2.32. The lowest BCUT2D eigenvalue weighted by Crippen LogP contribution is -2.32. The van der Waals surface area contributed by atoms with Crippen LogP contribution < -0.4 is 10.0 Å². The Kier molecular flexibility index (Phi) is 8.34. The molecule has 0 aliphatic rings. The van der Waals surface area contributed by atoms with Crippen molar-refractivity contribution in [1.82, 2.24) is 9.88 Å². The van der Waals surface area contributed by atoms with Gasteiger partial charge in [0.15, 0.2) is 0 Å². The molecule has 2 N–H and O–H groups in total. The van der Waals surface area contributed by atoms with Crippen LogP contribution in [0.15, 0.2) is 34.7 Å². The van der Waals surface area contributed by atoms with Gasteiger partial charge in [-0.2, -0.15) is 4.98 Å². The van der Waals surface area contributed by atoms with Crippen LogP contribution >= 0.6 is 0 Å². The number of hydrogen-bond acceptors (Lipinski definition) is 6. The summed E-state index contributed by atoms with van der Waals surface area (Å²) in [7, 11) is -0.357. The number of rotatable bonds is 11. The molecule has 36 heavy (non-hydrogen) atoms. The molecule has 9 nitrogen and oxygen atoms in total. The second-order valence-corrected chi connectivity index (χ2v) is 10.7. The fraction of sp³-hybridized carbons (Fsp3) is 0.400. The van der Waals surface area contributed by atoms with Crippen LogP contribution in [0.4, 0.5) is 10.2 Å². The van der Waals surface area contributed by atoms with E-state index in [0.29, 0.717) is 42.2 Å². The highest BCUT2D eigenvalue weighted by atomic mass is 32.2. The molecule has 1 aromatic carbocycles.